The minimum atomic E-state index is -0.445. The van der Waals surface area contributed by atoms with Crippen molar-refractivity contribution in [2.24, 2.45) is 5.10 Å². The van der Waals surface area contributed by atoms with Gasteiger partial charge in [0.05, 0.1) is 6.21 Å². The Kier molecular flexibility index (Phi) is 6.34. The number of hydrogen-bond donors (Lipinski definition) is 3. The molecule has 0 aliphatic carbocycles. The first kappa shape index (κ1) is 18.3. The van der Waals surface area contributed by atoms with E-state index in [9.17, 15) is 9.90 Å². The van der Waals surface area contributed by atoms with E-state index in [-0.39, 0.29) is 11.7 Å². The number of aryl methyl sites for hydroxylation is 1. The second-order valence-electron chi connectivity index (χ2n) is 5.82. The SMILES string of the molecule is C=CCc1cccc(/C=N\NC(=O)[C@H](C)Nc2cccc(C)c2)c1O. The molecule has 3 N–H and O–H groups in total. The van der Waals surface area contributed by atoms with Gasteiger partial charge in [0.1, 0.15) is 11.8 Å². The van der Waals surface area contributed by atoms with Crippen LogP contribution in [0, 0.1) is 6.92 Å². The van der Waals surface area contributed by atoms with Crippen LogP contribution >= 0.6 is 0 Å². The molecule has 2 aromatic carbocycles. The lowest BCUT2D eigenvalue weighted by Gasteiger charge is -2.13. The normalized spacial score (nSPS) is 11.9. The van der Waals surface area contributed by atoms with E-state index in [4.69, 9.17) is 0 Å². The van der Waals surface area contributed by atoms with Gasteiger partial charge in [-0.15, -0.1) is 6.58 Å². The van der Waals surface area contributed by atoms with E-state index in [2.05, 4.69) is 22.4 Å². The fraction of sp³-hybridized carbons (Fsp3) is 0.200. The molecule has 5 heteroatoms. The van der Waals surface area contributed by atoms with Gasteiger partial charge in [-0.05, 0) is 49.6 Å². The predicted molar refractivity (Wildman–Crippen MR) is 102 cm³/mol. The minimum absolute atomic E-state index is 0.145. The van der Waals surface area contributed by atoms with Crippen LogP contribution in [0.25, 0.3) is 0 Å². The van der Waals surface area contributed by atoms with Crippen LogP contribution in [0.15, 0.2) is 60.2 Å². The van der Waals surface area contributed by atoms with E-state index in [1.807, 2.05) is 43.3 Å². The molecule has 0 aliphatic heterocycles. The highest BCUT2D eigenvalue weighted by Gasteiger charge is 2.11. The third kappa shape index (κ3) is 5.21. The van der Waals surface area contributed by atoms with Crippen molar-refractivity contribution in [3.05, 3.63) is 71.8 Å². The summed E-state index contributed by atoms with van der Waals surface area (Å²) in [6, 6.07) is 12.7. The molecule has 2 rings (SSSR count). The molecular weight excluding hydrogens is 314 g/mol. The van der Waals surface area contributed by atoms with Crippen molar-refractivity contribution in [3.63, 3.8) is 0 Å². The van der Waals surface area contributed by atoms with Gasteiger partial charge in [0.25, 0.3) is 5.91 Å². The summed E-state index contributed by atoms with van der Waals surface area (Å²) >= 11 is 0. The number of nitrogens with zero attached hydrogens (tertiary/aromatic N) is 1. The standard InChI is InChI=1S/C20H23N3O2/c1-4-7-16-9-6-10-17(19(16)24)13-21-23-20(25)15(3)22-18-11-5-8-14(2)12-18/h4-6,8-13,15,22,24H,1,7H2,2-3H3,(H,23,25)/b21-13-/t15-/m0/s1. The second kappa shape index (κ2) is 8.68. The highest BCUT2D eigenvalue weighted by atomic mass is 16.3. The zero-order valence-corrected chi connectivity index (χ0v) is 14.5. The summed E-state index contributed by atoms with van der Waals surface area (Å²) in [5, 5.41) is 17.2. The van der Waals surface area contributed by atoms with Crippen LogP contribution in [0.4, 0.5) is 5.69 Å². The van der Waals surface area contributed by atoms with Gasteiger partial charge >= 0.3 is 0 Å². The molecule has 1 amide bonds. The maximum atomic E-state index is 12.1. The molecule has 0 heterocycles. The first-order valence-corrected chi connectivity index (χ1v) is 8.09. The maximum absolute atomic E-state index is 12.1. The van der Waals surface area contributed by atoms with Crippen LogP contribution in [0.5, 0.6) is 5.75 Å². The Morgan fingerprint density at radius 1 is 1.32 bits per heavy atom. The van der Waals surface area contributed by atoms with Crippen LogP contribution in [0.3, 0.4) is 0 Å². The number of hydrazone groups is 1. The highest BCUT2D eigenvalue weighted by Crippen LogP contribution is 2.21. The van der Waals surface area contributed by atoms with Gasteiger partial charge in [-0.1, -0.05) is 30.3 Å². The monoisotopic (exact) mass is 337 g/mol. The summed E-state index contributed by atoms with van der Waals surface area (Å²) in [6.45, 7) is 7.42. The number of nitrogens with one attached hydrogen (secondary N) is 2. The molecular formula is C20H23N3O2. The molecule has 0 radical (unpaired) electrons. The number of anilines is 1. The Balaban J connectivity index is 1.96. The molecule has 1 atom stereocenters. The highest BCUT2D eigenvalue weighted by molar-refractivity contribution is 5.88. The first-order valence-electron chi connectivity index (χ1n) is 8.09. The fourth-order valence-corrected chi connectivity index (χ4v) is 2.35. The molecule has 25 heavy (non-hydrogen) atoms. The zero-order valence-electron chi connectivity index (χ0n) is 14.5. The summed E-state index contributed by atoms with van der Waals surface area (Å²) in [6.07, 6.45) is 3.72. The van der Waals surface area contributed by atoms with Crippen molar-refractivity contribution in [3.8, 4) is 5.75 Å². The molecule has 0 unspecified atom stereocenters. The minimum Gasteiger partial charge on any atom is -0.507 e. The summed E-state index contributed by atoms with van der Waals surface area (Å²) in [7, 11) is 0. The summed E-state index contributed by atoms with van der Waals surface area (Å²) in [5.74, 6) is -0.120. The van der Waals surface area contributed by atoms with Crippen LogP contribution < -0.4 is 10.7 Å². The van der Waals surface area contributed by atoms with Crippen molar-refractivity contribution in [2.75, 3.05) is 5.32 Å². The molecule has 130 valence electrons. The van der Waals surface area contributed by atoms with Gasteiger partial charge in [-0.25, -0.2) is 5.43 Å². The Hall–Kier alpha value is -3.08. The Labute approximate surface area is 148 Å². The third-order valence-electron chi connectivity index (χ3n) is 3.69. The first-order chi connectivity index (χ1) is 12.0. The Bertz CT molecular complexity index is 784. The number of phenolic OH excluding ortho intramolecular Hbond substituents is 1. The number of hydrogen-bond acceptors (Lipinski definition) is 4. The molecule has 0 saturated heterocycles. The van der Waals surface area contributed by atoms with Gasteiger partial charge in [0, 0.05) is 11.3 Å². The predicted octanol–water partition coefficient (Wildman–Crippen LogP) is 3.38. The van der Waals surface area contributed by atoms with Crippen molar-refractivity contribution >= 4 is 17.8 Å². The van der Waals surface area contributed by atoms with Gasteiger partial charge in [-0.2, -0.15) is 5.10 Å². The lowest BCUT2D eigenvalue weighted by Crippen LogP contribution is -2.34. The van der Waals surface area contributed by atoms with E-state index < -0.39 is 6.04 Å². The van der Waals surface area contributed by atoms with E-state index in [1.54, 1.807) is 19.1 Å². The lowest BCUT2D eigenvalue weighted by atomic mass is 10.1. The molecule has 2 aromatic rings. The molecule has 0 bridgehead atoms. The van der Waals surface area contributed by atoms with Crippen molar-refractivity contribution < 1.29 is 9.90 Å². The van der Waals surface area contributed by atoms with Crippen LogP contribution in [0.2, 0.25) is 0 Å². The Morgan fingerprint density at radius 3 is 2.80 bits per heavy atom. The van der Waals surface area contributed by atoms with Crippen LogP contribution in [0.1, 0.15) is 23.6 Å². The molecule has 0 aliphatic rings. The average Bonchev–Trinajstić information content (AvgIpc) is 2.58. The molecule has 0 aromatic heterocycles. The molecule has 5 nitrogen and oxygen atoms in total. The second-order valence-corrected chi connectivity index (χ2v) is 5.82. The number of carbonyl (C=O) groups excluding carboxylic acids is 1. The third-order valence-corrected chi connectivity index (χ3v) is 3.69. The number of aromatic hydroxyl groups is 1. The average molecular weight is 337 g/mol. The number of allylic oxidation sites excluding steroid dienone is 1. The number of benzene rings is 2. The van der Waals surface area contributed by atoms with Crippen LogP contribution in [-0.2, 0) is 11.2 Å². The zero-order chi connectivity index (χ0) is 18.2. The number of phenols is 1. The lowest BCUT2D eigenvalue weighted by molar-refractivity contribution is -0.121. The smallest absolute Gasteiger partial charge is 0.262 e. The van der Waals surface area contributed by atoms with Gasteiger partial charge < -0.3 is 10.4 Å². The summed E-state index contributed by atoms with van der Waals surface area (Å²) in [4.78, 5) is 12.1. The number of amides is 1. The van der Waals surface area contributed by atoms with E-state index >= 15 is 0 Å². The number of para-hydroxylation sites is 1. The van der Waals surface area contributed by atoms with Gasteiger partial charge in [0.2, 0.25) is 0 Å². The quantitative estimate of drug-likeness (QED) is 0.412. The van der Waals surface area contributed by atoms with Gasteiger partial charge in [-0.3, -0.25) is 4.79 Å². The largest absolute Gasteiger partial charge is 0.507 e. The van der Waals surface area contributed by atoms with Crippen LogP contribution in [-0.4, -0.2) is 23.3 Å². The molecule has 0 fully saturated rings. The van der Waals surface area contributed by atoms with Crippen molar-refractivity contribution in [1.29, 1.82) is 0 Å². The molecule has 0 spiro atoms. The maximum Gasteiger partial charge on any atom is 0.262 e. The van der Waals surface area contributed by atoms with Gasteiger partial charge in [0.15, 0.2) is 0 Å². The fourth-order valence-electron chi connectivity index (χ4n) is 2.35. The van der Waals surface area contributed by atoms with E-state index in [1.165, 1.54) is 6.21 Å². The van der Waals surface area contributed by atoms with E-state index in [0.717, 1.165) is 16.8 Å². The van der Waals surface area contributed by atoms with Crippen molar-refractivity contribution in [1.82, 2.24) is 5.43 Å². The summed E-state index contributed by atoms with van der Waals surface area (Å²) in [5.41, 5.74) is 5.78. The number of rotatable bonds is 7. The van der Waals surface area contributed by atoms with Crippen molar-refractivity contribution in [2.45, 2.75) is 26.3 Å². The topological polar surface area (TPSA) is 73.7 Å². The summed E-state index contributed by atoms with van der Waals surface area (Å²) < 4.78 is 0. The molecule has 0 saturated carbocycles. The number of carbonyl (C=O) groups is 1. The van der Waals surface area contributed by atoms with E-state index in [0.29, 0.717) is 12.0 Å². The Morgan fingerprint density at radius 2 is 2.08 bits per heavy atom.